The van der Waals surface area contributed by atoms with Gasteiger partial charge in [0.2, 0.25) is 0 Å². The van der Waals surface area contributed by atoms with Crippen LogP contribution in [0, 0.1) is 17.6 Å². The Labute approximate surface area is 219 Å². The van der Waals surface area contributed by atoms with E-state index >= 15 is 22.0 Å². The molecule has 0 bridgehead atoms. The summed E-state index contributed by atoms with van der Waals surface area (Å²) < 4.78 is 103. The van der Waals surface area contributed by atoms with Crippen LogP contribution >= 0.6 is 0 Å². The van der Waals surface area contributed by atoms with Gasteiger partial charge >= 0.3 is 11.8 Å². The highest BCUT2D eigenvalue weighted by Gasteiger charge is 2.65. The van der Waals surface area contributed by atoms with E-state index in [4.69, 9.17) is 9.47 Å². The molecule has 206 valence electrons. The molecule has 0 amide bonds. The molecule has 0 aromatic heterocycles. The van der Waals surface area contributed by atoms with Gasteiger partial charge in [-0.3, -0.25) is 0 Å². The number of hydrogen-bond acceptors (Lipinski definition) is 2. The van der Waals surface area contributed by atoms with E-state index in [2.05, 4.69) is 13.0 Å². The van der Waals surface area contributed by atoms with Crippen LogP contribution in [-0.4, -0.2) is 19.3 Å². The SMILES string of the molecule is CCCC1=CCC(C2CCC(c3ccc4c(c3F)C(F)(F)C(F)(F)c3c-4ccc(OCC)c3F)CC2)OC1. The summed E-state index contributed by atoms with van der Waals surface area (Å²) in [5.74, 6) is -13.4. The highest BCUT2D eigenvalue weighted by Crippen LogP contribution is 2.60. The van der Waals surface area contributed by atoms with Crippen molar-refractivity contribution < 1.29 is 35.8 Å². The molecule has 2 aliphatic carbocycles. The molecule has 0 saturated heterocycles. The summed E-state index contributed by atoms with van der Waals surface area (Å²) in [6, 6.07) is 4.84. The number of alkyl halides is 4. The zero-order valence-corrected chi connectivity index (χ0v) is 21.6. The number of halogens is 6. The number of ether oxygens (including phenoxy) is 2. The van der Waals surface area contributed by atoms with Gasteiger partial charge in [0.25, 0.3) is 0 Å². The van der Waals surface area contributed by atoms with E-state index in [-0.39, 0.29) is 30.1 Å². The van der Waals surface area contributed by atoms with Crippen molar-refractivity contribution in [3.8, 4) is 16.9 Å². The Morgan fingerprint density at radius 2 is 1.50 bits per heavy atom. The van der Waals surface area contributed by atoms with Crippen molar-refractivity contribution in [2.24, 2.45) is 5.92 Å². The minimum Gasteiger partial charge on any atom is -0.491 e. The molecule has 5 rings (SSSR count). The lowest BCUT2D eigenvalue weighted by Crippen LogP contribution is -2.41. The highest BCUT2D eigenvalue weighted by atomic mass is 19.3. The first-order valence-corrected chi connectivity index (χ1v) is 13.5. The summed E-state index contributed by atoms with van der Waals surface area (Å²) in [6.45, 7) is 4.24. The van der Waals surface area contributed by atoms with Gasteiger partial charge in [0.15, 0.2) is 11.6 Å². The van der Waals surface area contributed by atoms with Crippen LogP contribution in [0.4, 0.5) is 26.3 Å². The topological polar surface area (TPSA) is 18.5 Å². The van der Waals surface area contributed by atoms with Crippen LogP contribution < -0.4 is 4.74 Å². The maximum absolute atomic E-state index is 15.8. The molecule has 8 heteroatoms. The van der Waals surface area contributed by atoms with Gasteiger partial charge in [0, 0.05) is 0 Å². The minimum atomic E-state index is -4.95. The van der Waals surface area contributed by atoms with Crippen LogP contribution in [-0.2, 0) is 16.6 Å². The molecular formula is C30H32F6O2. The fourth-order valence-electron chi connectivity index (χ4n) is 6.36. The quantitative estimate of drug-likeness (QED) is 0.270. The molecule has 1 heterocycles. The van der Waals surface area contributed by atoms with E-state index in [0.717, 1.165) is 44.2 Å². The van der Waals surface area contributed by atoms with Crippen LogP contribution in [0.15, 0.2) is 35.9 Å². The first-order chi connectivity index (χ1) is 18.1. The Kier molecular flexibility index (Phi) is 7.31. The first-order valence-electron chi connectivity index (χ1n) is 13.5. The van der Waals surface area contributed by atoms with Crippen molar-refractivity contribution >= 4 is 0 Å². The summed E-state index contributed by atoms with van der Waals surface area (Å²) in [6.07, 6.45) is 7.83. The Morgan fingerprint density at radius 1 is 0.868 bits per heavy atom. The van der Waals surface area contributed by atoms with Crippen molar-refractivity contribution in [3.63, 3.8) is 0 Å². The van der Waals surface area contributed by atoms with Gasteiger partial charge in [-0.05, 0) is 91.7 Å². The molecule has 1 saturated carbocycles. The largest absolute Gasteiger partial charge is 0.491 e. The molecule has 2 nitrogen and oxygen atoms in total. The number of rotatable bonds is 6. The van der Waals surface area contributed by atoms with Crippen molar-refractivity contribution in [1.29, 1.82) is 0 Å². The van der Waals surface area contributed by atoms with E-state index < -0.39 is 51.5 Å². The Balaban J connectivity index is 1.43. The zero-order chi connectivity index (χ0) is 27.2. The van der Waals surface area contributed by atoms with Crippen LogP contribution in [0.3, 0.4) is 0 Å². The van der Waals surface area contributed by atoms with E-state index in [1.165, 1.54) is 24.6 Å². The zero-order valence-electron chi connectivity index (χ0n) is 21.6. The van der Waals surface area contributed by atoms with Crippen molar-refractivity contribution in [3.05, 3.63) is 64.2 Å². The molecule has 0 spiro atoms. The van der Waals surface area contributed by atoms with Crippen molar-refractivity contribution in [2.75, 3.05) is 13.2 Å². The first kappa shape index (κ1) is 27.1. The lowest BCUT2D eigenvalue weighted by Gasteiger charge is -2.38. The van der Waals surface area contributed by atoms with Crippen molar-refractivity contribution in [1.82, 2.24) is 0 Å². The Morgan fingerprint density at radius 3 is 2.08 bits per heavy atom. The van der Waals surface area contributed by atoms with Crippen LogP contribution in [0.1, 0.15) is 81.4 Å². The van der Waals surface area contributed by atoms with Crippen LogP contribution in [0.5, 0.6) is 5.75 Å². The van der Waals surface area contributed by atoms with E-state index in [1.54, 1.807) is 0 Å². The third-order valence-corrected chi connectivity index (χ3v) is 8.32. The summed E-state index contributed by atoms with van der Waals surface area (Å²) in [5.41, 5.74) is -2.36. The minimum absolute atomic E-state index is 0.0159. The molecule has 2 aromatic rings. The van der Waals surface area contributed by atoms with Gasteiger partial charge in [-0.15, -0.1) is 0 Å². The Bertz CT molecular complexity index is 1230. The van der Waals surface area contributed by atoms with E-state index in [0.29, 0.717) is 19.4 Å². The van der Waals surface area contributed by atoms with Gasteiger partial charge in [0.1, 0.15) is 5.82 Å². The molecule has 0 radical (unpaired) electrons. The summed E-state index contributed by atoms with van der Waals surface area (Å²) >= 11 is 0. The fraction of sp³-hybridized carbons (Fsp3) is 0.533. The normalized spacial score (nSPS) is 25.8. The molecule has 0 N–H and O–H groups in total. The van der Waals surface area contributed by atoms with Gasteiger partial charge < -0.3 is 9.47 Å². The van der Waals surface area contributed by atoms with E-state index in [1.807, 2.05) is 0 Å². The van der Waals surface area contributed by atoms with Gasteiger partial charge in [-0.1, -0.05) is 31.6 Å². The fourth-order valence-corrected chi connectivity index (χ4v) is 6.36. The molecular weight excluding hydrogens is 506 g/mol. The summed E-state index contributed by atoms with van der Waals surface area (Å²) in [4.78, 5) is 0. The molecule has 1 fully saturated rings. The third kappa shape index (κ3) is 4.33. The summed E-state index contributed by atoms with van der Waals surface area (Å²) in [7, 11) is 0. The maximum atomic E-state index is 15.8. The molecule has 3 aliphatic rings. The maximum Gasteiger partial charge on any atom is 0.343 e. The monoisotopic (exact) mass is 538 g/mol. The summed E-state index contributed by atoms with van der Waals surface area (Å²) in [5, 5.41) is 0. The second-order valence-electron chi connectivity index (χ2n) is 10.6. The second-order valence-corrected chi connectivity index (χ2v) is 10.6. The standard InChI is InChI=1S/C30H32F6O2/c1-3-5-17-6-14-23(38-16-17)19-9-7-18(8-10-19)20-11-12-21-22-13-15-24(37-4-2)28(32)26(22)30(35,36)29(33,34)25(21)27(20)31/h6,11-13,15,18-19,23H,3-5,7-10,14,16H2,1-2H3. The average Bonchev–Trinajstić information content (AvgIpc) is 2.89. The lowest BCUT2D eigenvalue weighted by atomic mass is 9.73. The van der Waals surface area contributed by atoms with E-state index in [9.17, 15) is 4.39 Å². The Hall–Kier alpha value is -2.48. The molecule has 2 aromatic carbocycles. The third-order valence-electron chi connectivity index (χ3n) is 8.32. The lowest BCUT2D eigenvalue weighted by molar-refractivity contribution is -0.228. The van der Waals surface area contributed by atoms with Crippen molar-refractivity contribution in [2.45, 2.75) is 82.7 Å². The van der Waals surface area contributed by atoms with Gasteiger partial charge in [-0.2, -0.15) is 17.6 Å². The molecule has 1 aliphatic heterocycles. The molecule has 38 heavy (non-hydrogen) atoms. The highest BCUT2D eigenvalue weighted by molar-refractivity contribution is 5.77. The average molecular weight is 539 g/mol. The predicted molar refractivity (Wildman–Crippen MR) is 133 cm³/mol. The van der Waals surface area contributed by atoms with Gasteiger partial charge in [0.05, 0.1) is 30.4 Å². The smallest absolute Gasteiger partial charge is 0.343 e. The molecule has 1 atom stereocenters. The van der Waals surface area contributed by atoms with Crippen LogP contribution in [0.2, 0.25) is 0 Å². The number of fused-ring (bicyclic) bond motifs is 3. The van der Waals surface area contributed by atoms with Crippen LogP contribution in [0.25, 0.3) is 11.1 Å². The number of hydrogen-bond donors (Lipinski definition) is 0. The second kappa shape index (κ2) is 10.2. The van der Waals surface area contributed by atoms with Gasteiger partial charge in [-0.25, -0.2) is 8.78 Å². The molecule has 1 unspecified atom stereocenters. The predicted octanol–water partition coefficient (Wildman–Crippen LogP) is 9.02. The number of benzene rings is 2.